The van der Waals surface area contributed by atoms with Crippen molar-refractivity contribution in [3.8, 4) is 0 Å². The second-order valence-electron chi connectivity index (χ2n) is 7.03. The number of benzene rings is 2. The minimum Gasteiger partial charge on any atom is -0.351 e. The summed E-state index contributed by atoms with van der Waals surface area (Å²) in [4.78, 5) is 15.9. The summed E-state index contributed by atoms with van der Waals surface area (Å²) >= 11 is 1.73. The number of H-pyrrole nitrogens is 1. The number of anilines is 1. The highest BCUT2D eigenvalue weighted by molar-refractivity contribution is 8.00. The third kappa shape index (κ3) is 5.32. The van der Waals surface area contributed by atoms with Gasteiger partial charge in [0.2, 0.25) is 0 Å². The van der Waals surface area contributed by atoms with Crippen molar-refractivity contribution in [2.75, 3.05) is 17.0 Å². The monoisotopic (exact) mass is 395 g/mol. The average Bonchev–Trinajstić information content (AvgIpc) is 3.05. The number of aromatic nitrogens is 1. The van der Waals surface area contributed by atoms with Crippen LogP contribution in [0, 0.1) is 6.92 Å². The maximum atomic E-state index is 12.6. The molecule has 0 spiro atoms. The molecule has 3 rings (SSSR count). The highest BCUT2D eigenvalue weighted by Crippen LogP contribution is 2.26. The second-order valence-corrected chi connectivity index (χ2v) is 7.94. The molecule has 0 fully saturated rings. The number of carbonyl (C=O) groups is 1. The van der Waals surface area contributed by atoms with E-state index in [0.29, 0.717) is 12.2 Å². The third-order valence-corrected chi connectivity index (χ3v) is 5.72. The van der Waals surface area contributed by atoms with Gasteiger partial charge in [-0.2, -0.15) is 0 Å². The quantitative estimate of drug-likeness (QED) is 0.305. The molecule has 148 valence electrons. The molecular formula is C23H29N3OS. The van der Waals surface area contributed by atoms with Gasteiger partial charge in [-0.15, -0.1) is 0 Å². The first kappa shape index (κ1) is 20.3. The SMILES string of the molecule is CCCCSNc1ccc2[nH]c(C(=O)NCCCc3ccccc3)c(C)c2c1. The molecule has 2 aromatic carbocycles. The Morgan fingerprint density at radius 3 is 2.71 bits per heavy atom. The average molecular weight is 396 g/mol. The van der Waals surface area contributed by atoms with Crippen molar-refractivity contribution < 1.29 is 4.79 Å². The van der Waals surface area contributed by atoms with Gasteiger partial charge in [0.05, 0.1) is 0 Å². The molecule has 0 saturated carbocycles. The van der Waals surface area contributed by atoms with Crippen LogP contribution in [-0.4, -0.2) is 23.2 Å². The van der Waals surface area contributed by atoms with Gasteiger partial charge >= 0.3 is 0 Å². The van der Waals surface area contributed by atoms with Crippen molar-refractivity contribution in [3.05, 3.63) is 65.4 Å². The lowest BCUT2D eigenvalue weighted by atomic mass is 10.1. The van der Waals surface area contributed by atoms with E-state index in [1.165, 1.54) is 18.4 Å². The Kier molecular flexibility index (Phi) is 7.43. The van der Waals surface area contributed by atoms with Crippen molar-refractivity contribution in [1.82, 2.24) is 10.3 Å². The molecule has 0 aliphatic carbocycles. The summed E-state index contributed by atoms with van der Waals surface area (Å²) in [5, 5.41) is 4.14. The first-order valence-corrected chi connectivity index (χ1v) is 11.0. The van der Waals surface area contributed by atoms with Crippen LogP contribution in [0.5, 0.6) is 0 Å². The van der Waals surface area contributed by atoms with Crippen molar-refractivity contribution in [3.63, 3.8) is 0 Å². The molecule has 0 atom stereocenters. The van der Waals surface area contributed by atoms with E-state index in [0.717, 1.165) is 40.7 Å². The normalized spacial score (nSPS) is 10.9. The number of hydrogen-bond donors (Lipinski definition) is 3. The van der Waals surface area contributed by atoms with E-state index in [1.54, 1.807) is 11.9 Å². The van der Waals surface area contributed by atoms with Crippen LogP contribution < -0.4 is 10.0 Å². The minimum absolute atomic E-state index is 0.0337. The maximum absolute atomic E-state index is 12.6. The Hall–Kier alpha value is -2.40. The number of nitrogens with one attached hydrogen (secondary N) is 3. The van der Waals surface area contributed by atoms with Crippen molar-refractivity contribution in [2.24, 2.45) is 0 Å². The van der Waals surface area contributed by atoms with Crippen LogP contribution in [0.3, 0.4) is 0 Å². The summed E-state index contributed by atoms with van der Waals surface area (Å²) in [6.45, 7) is 4.87. The van der Waals surface area contributed by atoms with Crippen LogP contribution in [0.2, 0.25) is 0 Å². The van der Waals surface area contributed by atoms with E-state index in [-0.39, 0.29) is 5.91 Å². The third-order valence-electron chi connectivity index (χ3n) is 4.85. The van der Waals surface area contributed by atoms with Gasteiger partial charge in [0.1, 0.15) is 5.69 Å². The maximum Gasteiger partial charge on any atom is 0.268 e. The Bertz CT molecular complexity index is 905. The summed E-state index contributed by atoms with van der Waals surface area (Å²) < 4.78 is 3.40. The zero-order valence-electron chi connectivity index (χ0n) is 16.7. The van der Waals surface area contributed by atoms with E-state index in [4.69, 9.17) is 0 Å². The summed E-state index contributed by atoms with van der Waals surface area (Å²) in [6.07, 6.45) is 4.31. The number of unbranched alkanes of at least 4 members (excludes halogenated alkanes) is 1. The van der Waals surface area contributed by atoms with Crippen molar-refractivity contribution >= 4 is 34.4 Å². The molecule has 0 bridgehead atoms. The van der Waals surface area contributed by atoms with Gasteiger partial charge in [-0.05, 0) is 55.5 Å². The number of carbonyl (C=O) groups excluding carboxylic acids is 1. The fourth-order valence-electron chi connectivity index (χ4n) is 3.20. The number of aryl methyl sites for hydroxylation is 2. The second kappa shape index (κ2) is 10.2. The lowest BCUT2D eigenvalue weighted by molar-refractivity contribution is 0.0948. The summed E-state index contributed by atoms with van der Waals surface area (Å²) in [5.41, 5.74) is 5.03. The molecule has 5 heteroatoms. The molecule has 1 amide bonds. The first-order chi connectivity index (χ1) is 13.7. The molecule has 0 unspecified atom stereocenters. The largest absolute Gasteiger partial charge is 0.351 e. The molecular weight excluding hydrogens is 366 g/mol. The summed E-state index contributed by atoms with van der Waals surface area (Å²) in [5.74, 6) is 1.06. The van der Waals surface area contributed by atoms with E-state index in [1.807, 2.05) is 31.2 Å². The first-order valence-electron chi connectivity index (χ1n) is 10.0. The van der Waals surface area contributed by atoms with E-state index < -0.39 is 0 Å². The zero-order chi connectivity index (χ0) is 19.8. The van der Waals surface area contributed by atoms with Gasteiger partial charge in [0, 0.05) is 28.9 Å². The van der Waals surface area contributed by atoms with Gasteiger partial charge < -0.3 is 15.0 Å². The van der Waals surface area contributed by atoms with Gasteiger partial charge in [0.15, 0.2) is 0 Å². The number of aromatic amines is 1. The molecule has 0 radical (unpaired) electrons. The van der Waals surface area contributed by atoms with E-state index in [9.17, 15) is 4.79 Å². The van der Waals surface area contributed by atoms with Gasteiger partial charge in [-0.3, -0.25) is 4.79 Å². The Morgan fingerprint density at radius 1 is 1.11 bits per heavy atom. The topological polar surface area (TPSA) is 56.9 Å². The number of rotatable bonds is 10. The number of amides is 1. The van der Waals surface area contributed by atoms with Crippen LogP contribution >= 0.6 is 11.9 Å². The van der Waals surface area contributed by atoms with Crippen molar-refractivity contribution in [2.45, 2.75) is 39.5 Å². The standard InChI is InChI=1S/C23H29N3OS/c1-3-4-15-28-26-19-12-13-21-20(16-19)17(2)22(25-21)23(27)24-14-8-11-18-9-6-5-7-10-18/h5-7,9-10,12-13,16,25-26H,3-4,8,11,14-15H2,1-2H3,(H,24,27). The molecule has 1 heterocycles. The molecule has 3 aromatic rings. The van der Waals surface area contributed by atoms with Crippen LogP contribution in [0.25, 0.3) is 10.9 Å². The predicted octanol–water partition coefficient (Wildman–Crippen LogP) is 5.70. The predicted molar refractivity (Wildman–Crippen MR) is 121 cm³/mol. The van der Waals surface area contributed by atoms with Crippen molar-refractivity contribution in [1.29, 1.82) is 0 Å². The molecule has 0 aliphatic rings. The highest BCUT2D eigenvalue weighted by atomic mass is 32.2. The molecule has 1 aromatic heterocycles. The Balaban J connectivity index is 1.57. The van der Waals surface area contributed by atoms with Gasteiger partial charge in [-0.1, -0.05) is 55.6 Å². The number of fused-ring (bicyclic) bond motifs is 1. The fraction of sp³-hybridized carbons (Fsp3) is 0.348. The summed E-state index contributed by atoms with van der Waals surface area (Å²) in [7, 11) is 0. The van der Waals surface area contributed by atoms with Gasteiger partial charge in [0.25, 0.3) is 5.91 Å². The van der Waals surface area contributed by atoms with Crippen LogP contribution in [0.1, 0.15) is 47.8 Å². The Labute approximate surface area is 171 Å². The van der Waals surface area contributed by atoms with E-state index >= 15 is 0 Å². The molecule has 0 saturated heterocycles. The zero-order valence-corrected chi connectivity index (χ0v) is 17.5. The molecule has 3 N–H and O–H groups in total. The van der Waals surface area contributed by atoms with Crippen LogP contribution in [0.15, 0.2) is 48.5 Å². The molecule has 28 heavy (non-hydrogen) atoms. The smallest absolute Gasteiger partial charge is 0.268 e. The lowest BCUT2D eigenvalue weighted by Crippen LogP contribution is -2.25. The minimum atomic E-state index is -0.0337. The highest BCUT2D eigenvalue weighted by Gasteiger charge is 2.14. The number of hydrogen-bond acceptors (Lipinski definition) is 3. The molecule has 0 aliphatic heterocycles. The lowest BCUT2D eigenvalue weighted by Gasteiger charge is -2.05. The summed E-state index contributed by atoms with van der Waals surface area (Å²) in [6, 6.07) is 16.6. The molecule has 4 nitrogen and oxygen atoms in total. The van der Waals surface area contributed by atoms with Gasteiger partial charge in [-0.25, -0.2) is 0 Å². The Morgan fingerprint density at radius 2 is 1.93 bits per heavy atom. The van der Waals surface area contributed by atoms with E-state index in [2.05, 4.69) is 46.2 Å². The van der Waals surface area contributed by atoms with Crippen LogP contribution in [-0.2, 0) is 6.42 Å². The fourth-order valence-corrected chi connectivity index (χ4v) is 4.02. The van der Waals surface area contributed by atoms with Crippen LogP contribution in [0.4, 0.5) is 5.69 Å².